The highest BCUT2D eigenvalue weighted by Crippen LogP contribution is 2.23. The predicted molar refractivity (Wildman–Crippen MR) is 76.1 cm³/mol. The van der Waals surface area contributed by atoms with E-state index in [1.54, 1.807) is 11.3 Å². The molecule has 96 valence electrons. The van der Waals surface area contributed by atoms with Gasteiger partial charge in [-0.2, -0.15) is 11.3 Å². The number of pyridine rings is 1. The predicted octanol–water partition coefficient (Wildman–Crippen LogP) is 2.89. The lowest BCUT2D eigenvalue weighted by atomic mass is 10.1. The van der Waals surface area contributed by atoms with E-state index < -0.39 is 0 Å². The van der Waals surface area contributed by atoms with Crippen molar-refractivity contribution in [2.24, 2.45) is 0 Å². The summed E-state index contributed by atoms with van der Waals surface area (Å²) in [6, 6.07) is 4.12. The van der Waals surface area contributed by atoms with E-state index in [4.69, 9.17) is 0 Å². The lowest BCUT2D eigenvalue weighted by Gasteiger charge is -2.22. The van der Waals surface area contributed by atoms with Crippen LogP contribution in [0, 0.1) is 13.8 Å². The SMILES string of the molecule is Cc1cc(C)c(CO)c(N(C)Cc2ccsc2)n1. The number of rotatable bonds is 4. The van der Waals surface area contributed by atoms with E-state index in [0.717, 1.165) is 29.2 Å². The van der Waals surface area contributed by atoms with Gasteiger partial charge in [-0.1, -0.05) is 0 Å². The lowest BCUT2D eigenvalue weighted by Crippen LogP contribution is -2.20. The molecular formula is C14H18N2OS. The Bertz CT molecular complexity index is 523. The van der Waals surface area contributed by atoms with Crippen LogP contribution in [0.2, 0.25) is 0 Å². The zero-order valence-electron chi connectivity index (χ0n) is 11.0. The first-order valence-corrected chi connectivity index (χ1v) is 6.86. The zero-order valence-corrected chi connectivity index (χ0v) is 11.8. The van der Waals surface area contributed by atoms with E-state index in [2.05, 4.69) is 26.7 Å². The van der Waals surface area contributed by atoms with E-state index in [1.165, 1.54) is 5.56 Å². The fourth-order valence-corrected chi connectivity index (χ4v) is 2.75. The molecule has 18 heavy (non-hydrogen) atoms. The summed E-state index contributed by atoms with van der Waals surface area (Å²) in [6.45, 7) is 4.84. The molecule has 4 heteroatoms. The molecule has 2 aromatic rings. The van der Waals surface area contributed by atoms with E-state index in [-0.39, 0.29) is 6.61 Å². The van der Waals surface area contributed by atoms with Crippen LogP contribution in [0.3, 0.4) is 0 Å². The Hall–Kier alpha value is -1.39. The summed E-state index contributed by atoms with van der Waals surface area (Å²) in [4.78, 5) is 6.65. The van der Waals surface area contributed by atoms with E-state index in [1.807, 2.05) is 27.0 Å². The summed E-state index contributed by atoms with van der Waals surface area (Å²) in [5, 5.41) is 13.7. The molecule has 0 aromatic carbocycles. The highest BCUT2D eigenvalue weighted by atomic mass is 32.1. The van der Waals surface area contributed by atoms with Crippen LogP contribution in [0.15, 0.2) is 22.9 Å². The molecule has 0 saturated carbocycles. The van der Waals surface area contributed by atoms with Crippen molar-refractivity contribution in [3.8, 4) is 0 Å². The third kappa shape index (κ3) is 2.71. The minimum Gasteiger partial charge on any atom is -0.392 e. The van der Waals surface area contributed by atoms with E-state index in [9.17, 15) is 5.11 Å². The molecule has 0 atom stereocenters. The molecule has 0 aliphatic rings. The number of hydrogen-bond acceptors (Lipinski definition) is 4. The quantitative estimate of drug-likeness (QED) is 0.920. The molecule has 0 saturated heterocycles. The maximum Gasteiger partial charge on any atom is 0.134 e. The van der Waals surface area contributed by atoms with Crippen LogP contribution in [-0.2, 0) is 13.2 Å². The number of aromatic nitrogens is 1. The van der Waals surface area contributed by atoms with Gasteiger partial charge in [0.15, 0.2) is 0 Å². The molecule has 1 N–H and O–H groups in total. The molecule has 0 amide bonds. The van der Waals surface area contributed by atoms with Crippen LogP contribution in [0.4, 0.5) is 5.82 Å². The largest absolute Gasteiger partial charge is 0.392 e. The van der Waals surface area contributed by atoms with Gasteiger partial charge in [0.25, 0.3) is 0 Å². The zero-order chi connectivity index (χ0) is 13.1. The third-order valence-electron chi connectivity index (χ3n) is 2.97. The number of aliphatic hydroxyl groups excluding tert-OH is 1. The molecule has 0 fully saturated rings. The van der Waals surface area contributed by atoms with Gasteiger partial charge in [0, 0.05) is 24.8 Å². The summed E-state index contributed by atoms with van der Waals surface area (Å²) >= 11 is 1.70. The average molecular weight is 262 g/mol. The topological polar surface area (TPSA) is 36.4 Å². The smallest absolute Gasteiger partial charge is 0.134 e. The summed E-state index contributed by atoms with van der Waals surface area (Å²) in [6.07, 6.45) is 0. The summed E-state index contributed by atoms with van der Waals surface area (Å²) in [5.74, 6) is 0.876. The second kappa shape index (κ2) is 5.50. The van der Waals surface area contributed by atoms with Crippen molar-refractivity contribution in [1.82, 2.24) is 4.98 Å². The standard InChI is InChI=1S/C14H18N2OS/c1-10-6-11(2)15-14(13(10)8-17)16(3)7-12-4-5-18-9-12/h4-6,9,17H,7-8H2,1-3H3. The average Bonchev–Trinajstić information content (AvgIpc) is 2.80. The molecule has 0 aliphatic heterocycles. The van der Waals surface area contributed by atoms with Crippen LogP contribution >= 0.6 is 11.3 Å². The Kier molecular flexibility index (Phi) is 3.99. The maximum absolute atomic E-state index is 9.50. The van der Waals surface area contributed by atoms with Gasteiger partial charge in [-0.3, -0.25) is 0 Å². The molecule has 2 aromatic heterocycles. The Morgan fingerprint density at radius 2 is 2.17 bits per heavy atom. The highest BCUT2D eigenvalue weighted by molar-refractivity contribution is 7.07. The monoisotopic (exact) mass is 262 g/mol. The fraction of sp³-hybridized carbons (Fsp3) is 0.357. The molecule has 3 nitrogen and oxygen atoms in total. The van der Waals surface area contributed by atoms with Crippen LogP contribution in [0.25, 0.3) is 0 Å². The van der Waals surface area contributed by atoms with E-state index in [0.29, 0.717) is 0 Å². The minimum absolute atomic E-state index is 0.0302. The van der Waals surface area contributed by atoms with Crippen LogP contribution in [0.5, 0.6) is 0 Å². The van der Waals surface area contributed by atoms with Crippen molar-refractivity contribution in [2.45, 2.75) is 27.0 Å². The third-order valence-corrected chi connectivity index (χ3v) is 3.71. The van der Waals surface area contributed by atoms with Crippen molar-refractivity contribution in [3.63, 3.8) is 0 Å². The van der Waals surface area contributed by atoms with Gasteiger partial charge in [0.1, 0.15) is 5.82 Å². The molecule has 0 radical (unpaired) electrons. The first-order chi connectivity index (χ1) is 8.61. The number of thiophene rings is 1. The first kappa shape index (κ1) is 13.1. The van der Waals surface area contributed by atoms with Crippen LogP contribution < -0.4 is 4.90 Å². The molecule has 0 spiro atoms. The van der Waals surface area contributed by atoms with Crippen molar-refractivity contribution in [3.05, 3.63) is 45.3 Å². The number of hydrogen-bond donors (Lipinski definition) is 1. The summed E-state index contributed by atoms with van der Waals surface area (Å²) < 4.78 is 0. The normalized spacial score (nSPS) is 10.7. The number of aliphatic hydroxyl groups is 1. The van der Waals surface area contributed by atoms with Gasteiger partial charge < -0.3 is 10.0 Å². The number of aryl methyl sites for hydroxylation is 2. The van der Waals surface area contributed by atoms with Crippen LogP contribution in [0.1, 0.15) is 22.4 Å². The Morgan fingerprint density at radius 3 is 2.78 bits per heavy atom. The molecule has 0 bridgehead atoms. The fourth-order valence-electron chi connectivity index (χ4n) is 2.09. The molecule has 0 aliphatic carbocycles. The van der Waals surface area contributed by atoms with Crippen molar-refractivity contribution < 1.29 is 5.11 Å². The second-order valence-corrected chi connectivity index (χ2v) is 5.31. The second-order valence-electron chi connectivity index (χ2n) is 4.53. The van der Waals surface area contributed by atoms with Gasteiger partial charge in [0.05, 0.1) is 6.61 Å². The summed E-state index contributed by atoms with van der Waals surface area (Å²) in [7, 11) is 2.01. The van der Waals surface area contributed by atoms with Crippen LogP contribution in [-0.4, -0.2) is 17.1 Å². The molecular weight excluding hydrogens is 244 g/mol. The Labute approximate surface area is 112 Å². The van der Waals surface area contributed by atoms with Gasteiger partial charge in [-0.25, -0.2) is 4.98 Å². The van der Waals surface area contributed by atoms with Gasteiger partial charge in [0.2, 0.25) is 0 Å². The van der Waals surface area contributed by atoms with Gasteiger partial charge >= 0.3 is 0 Å². The molecule has 2 rings (SSSR count). The number of anilines is 1. The maximum atomic E-state index is 9.50. The van der Waals surface area contributed by atoms with Crippen molar-refractivity contribution in [2.75, 3.05) is 11.9 Å². The lowest BCUT2D eigenvalue weighted by molar-refractivity contribution is 0.281. The van der Waals surface area contributed by atoms with E-state index >= 15 is 0 Å². The molecule has 0 unspecified atom stereocenters. The summed E-state index contributed by atoms with van der Waals surface area (Å²) in [5.41, 5.74) is 4.26. The minimum atomic E-state index is 0.0302. The Balaban J connectivity index is 2.31. The van der Waals surface area contributed by atoms with Gasteiger partial charge in [-0.05, 0) is 47.9 Å². The Morgan fingerprint density at radius 1 is 1.39 bits per heavy atom. The van der Waals surface area contributed by atoms with Crippen molar-refractivity contribution in [1.29, 1.82) is 0 Å². The highest BCUT2D eigenvalue weighted by Gasteiger charge is 2.12. The number of nitrogens with zero attached hydrogens (tertiary/aromatic N) is 2. The van der Waals surface area contributed by atoms with Gasteiger partial charge in [-0.15, -0.1) is 0 Å². The first-order valence-electron chi connectivity index (χ1n) is 5.92. The molecule has 2 heterocycles. The van der Waals surface area contributed by atoms with Crippen molar-refractivity contribution >= 4 is 17.2 Å².